The highest BCUT2D eigenvalue weighted by Crippen LogP contribution is 2.32. The number of nitrogens with one attached hydrogen (secondary N) is 3. The molecular formula is C20H29N5O2. The summed E-state index contributed by atoms with van der Waals surface area (Å²) in [7, 11) is 1.92. The largest absolute Gasteiger partial charge is 0.508 e. The predicted octanol–water partition coefficient (Wildman–Crippen LogP) is 2.07. The Labute approximate surface area is 160 Å². The number of hydrazine groups is 1. The van der Waals surface area contributed by atoms with Gasteiger partial charge in [0.1, 0.15) is 11.5 Å². The average Bonchev–Trinajstić information content (AvgIpc) is 2.64. The first kappa shape index (κ1) is 20.7. The Balaban J connectivity index is 2.22. The van der Waals surface area contributed by atoms with E-state index in [0.717, 1.165) is 25.2 Å². The summed E-state index contributed by atoms with van der Waals surface area (Å²) in [6.45, 7) is 6.53. The van der Waals surface area contributed by atoms with Crippen molar-refractivity contribution in [2.24, 2.45) is 10.8 Å². The molecule has 0 aliphatic rings. The maximum atomic E-state index is 10.2. The van der Waals surface area contributed by atoms with E-state index in [1.807, 2.05) is 45.2 Å². The van der Waals surface area contributed by atoms with E-state index in [1.165, 1.54) is 6.07 Å². The third-order valence-electron chi connectivity index (χ3n) is 4.22. The number of rotatable bonds is 8. The molecule has 0 aromatic heterocycles. The van der Waals surface area contributed by atoms with E-state index in [9.17, 15) is 10.2 Å². The summed E-state index contributed by atoms with van der Waals surface area (Å²) in [4.78, 5) is 4.50. The average molecular weight is 371 g/mol. The van der Waals surface area contributed by atoms with Gasteiger partial charge in [0.25, 0.3) is 0 Å². The number of hydrogen-bond donors (Lipinski definition) is 6. The molecule has 0 spiro atoms. The third-order valence-corrected chi connectivity index (χ3v) is 4.22. The normalized spacial score (nSPS) is 11.8. The molecule has 0 aliphatic carbocycles. The van der Waals surface area contributed by atoms with Crippen LogP contribution in [0.1, 0.15) is 36.5 Å². The van der Waals surface area contributed by atoms with Crippen molar-refractivity contribution >= 4 is 11.5 Å². The summed E-state index contributed by atoms with van der Waals surface area (Å²) in [5.74, 6) is 6.03. The van der Waals surface area contributed by atoms with Crippen LogP contribution in [0.3, 0.4) is 0 Å². The van der Waals surface area contributed by atoms with E-state index in [-0.39, 0.29) is 17.4 Å². The minimum atomic E-state index is -0.0843. The molecule has 7 heteroatoms. The van der Waals surface area contributed by atoms with Crippen LogP contribution in [0.5, 0.6) is 11.5 Å². The summed E-state index contributed by atoms with van der Waals surface area (Å²) in [6.07, 6.45) is 0. The minimum absolute atomic E-state index is 0.0535. The standard InChI is InChI=1S/C20H29N5O2/c1-13(2)16-10-17(19(27)11-18(16)26)20(25-21)24-15-6-4-14(5-7-15)12-23-9-8-22-3/h4-7,10-11,13,22-23,26-27H,8-9,12,21H2,1-3H3,(H,24,25). The summed E-state index contributed by atoms with van der Waals surface area (Å²) < 4.78 is 0. The second-order valence-corrected chi connectivity index (χ2v) is 6.63. The first-order valence-corrected chi connectivity index (χ1v) is 9.02. The van der Waals surface area contributed by atoms with Gasteiger partial charge in [0.2, 0.25) is 0 Å². The van der Waals surface area contributed by atoms with Gasteiger partial charge in [-0.05, 0) is 42.3 Å². The van der Waals surface area contributed by atoms with Crippen LogP contribution in [0.4, 0.5) is 5.69 Å². The fraction of sp³-hybridized carbons (Fsp3) is 0.350. The van der Waals surface area contributed by atoms with Crippen LogP contribution in [0.25, 0.3) is 0 Å². The topological polar surface area (TPSA) is 115 Å². The Hall–Kier alpha value is -2.61. The number of phenols is 2. The third kappa shape index (κ3) is 5.68. The van der Waals surface area contributed by atoms with Gasteiger partial charge in [0.05, 0.1) is 11.3 Å². The van der Waals surface area contributed by atoms with E-state index < -0.39 is 0 Å². The monoisotopic (exact) mass is 371 g/mol. The Kier molecular flexibility index (Phi) is 7.60. The highest BCUT2D eigenvalue weighted by molar-refractivity contribution is 6.02. The van der Waals surface area contributed by atoms with Crippen LogP contribution in [-0.2, 0) is 6.54 Å². The predicted molar refractivity (Wildman–Crippen MR) is 109 cm³/mol. The number of nitrogens with two attached hydrogens (primary N) is 1. The van der Waals surface area contributed by atoms with Gasteiger partial charge in [-0.2, -0.15) is 0 Å². The zero-order valence-corrected chi connectivity index (χ0v) is 16.1. The quantitative estimate of drug-likeness (QED) is 0.139. The summed E-state index contributed by atoms with van der Waals surface area (Å²) in [6, 6.07) is 10.8. The molecule has 7 nitrogen and oxygen atoms in total. The lowest BCUT2D eigenvalue weighted by molar-refractivity contribution is 0.443. The van der Waals surface area contributed by atoms with Crippen LogP contribution < -0.4 is 21.9 Å². The molecular weight excluding hydrogens is 342 g/mol. The lowest BCUT2D eigenvalue weighted by Gasteiger charge is -2.14. The number of aliphatic imine (C=N–C) groups is 1. The van der Waals surface area contributed by atoms with E-state index in [2.05, 4.69) is 21.1 Å². The van der Waals surface area contributed by atoms with E-state index in [0.29, 0.717) is 22.6 Å². The number of benzene rings is 2. The zero-order valence-electron chi connectivity index (χ0n) is 16.1. The van der Waals surface area contributed by atoms with Gasteiger partial charge in [-0.3, -0.25) is 0 Å². The van der Waals surface area contributed by atoms with E-state index in [4.69, 9.17) is 5.84 Å². The number of aromatic hydroxyl groups is 2. The van der Waals surface area contributed by atoms with Crippen molar-refractivity contribution in [1.82, 2.24) is 16.1 Å². The van der Waals surface area contributed by atoms with Crippen LogP contribution >= 0.6 is 0 Å². The Bertz CT molecular complexity index is 773. The number of likely N-dealkylation sites (N-methyl/N-ethyl adjacent to an activating group) is 1. The smallest absolute Gasteiger partial charge is 0.151 e. The zero-order chi connectivity index (χ0) is 19.8. The molecule has 0 radical (unpaired) electrons. The summed E-state index contributed by atoms with van der Waals surface area (Å²) in [5, 5.41) is 26.6. The van der Waals surface area contributed by atoms with Crippen LogP contribution in [0, 0.1) is 0 Å². The molecule has 2 rings (SSSR count). The molecule has 0 bridgehead atoms. The molecule has 0 amide bonds. The van der Waals surface area contributed by atoms with Crippen molar-refractivity contribution in [1.29, 1.82) is 0 Å². The Morgan fingerprint density at radius 3 is 2.37 bits per heavy atom. The van der Waals surface area contributed by atoms with Crippen molar-refractivity contribution in [2.75, 3.05) is 20.1 Å². The highest BCUT2D eigenvalue weighted by atomic mass is 16.3. The maximum Gasteiger partial charge on any atom is 0.151 e. The van der Waals surface area contributed by atoms with Gasteiger partial charge in [-0.15, -0.1) is 0 Å². The molecule has 0 unspecified atom stereocenters. The van der Waals surface area contributed by atoms with E-state index in [1.54, 1.807) is 6.07 Å². The molecule has 0 saturated heterocycles. The lowest BCUT2D eigenvalue weighted by atomic mass is 9.98. The van der Waals surface area contributed by atoms with Crippen molar-refractivity contribution in [3.8, 4) is 11.5 Å². The SMILES string of the molecule is CNCCNCc1ccc(N=C(NN)c2cc(C(C)C)c(O)cc2O)cc1. The van der Waals surface area contributed by atoms with Crippen molar-refractivity contribution in [2.45, 2.75) is 26.3 Å². The molecule has 0 atom stereocenters. The molecule has 7 N–H and O–H groups in total. The number of amidine groups is 1. The minimum Gasteiger partial charge on any atom is -0.508 e. The van der Waals surface area contributed by atoms with Gasteiger partial charge >= 0.3 is 0 Å². The second-order valence-electron chi connectivity index (χ2n) is 6.63. The first-order chi connectivity index (χ1) is 13.0. The van der Waals surface area contributed by atoms with Crippen LogP contribution in [-0.4, -0.2) is 36.2 Å². The van der Waals surface area contributed by atoms with Crippen LogP contribution in [0.2, 0.25) is 0 Å². The van der Waals surface area contributed by atoms with Crippen molar-refractivity contribution < 1.29 is 10.2 Å². The maximum absolute atomic E-state index is 10.2. The van der Waals surface area contributed by atoms with Gasteiger partial charge in [-0.25, -0.2) is 10.8 Å². The summed E-state index contributed by atoms with van der Waals surface area (Å²) in [5.41, 5.74) is 5.57. The van der Waals surface area contributed by atoms with Gasteiger partial charge in [0, 0.05) is 25.7 Å². The molecule has 146 valence electrons. The number of phenolic OH excluding ortho intramolecular Hbond substituents is 2. The van der Waals surface area contributed by atoms with Gasteiger partial charge in [0.15, 0.2) is 5.84 Å². The second kappa shape index (κ2) is 9.91. The van der Waals surface area contributed by atoms with Gasteiger partial charge in [-0.1, -0.05) is 26.0 Å². The number of nitrogens with zero attached hydrogens (tertiary/aromatic N) is 1. The lowest BCUT2D eigenvalue weighted by Crippen LogP contribution is -2.31. The molecule has 2 aromatic rings. The molecule has 0 heterocycles. The summed E-state index contributed by atoms with van der Waals surface area (Å²) >= 11 is 0. The van der Waals surface area contributed by atoms with E-state index >= 15 is 0 Å². The Morgan fingerprint density at radius 2 is 1.78 bits per heavy atom. The fourth-order valence-electron chi connectivity index (χ4n) is 2.68. The van der Waals surface area contributed by atoms with Crippen molar-refractivity contribution in [3.63, 3.8) is 0 Å². The van der Waals surface area contributed by atoms with Gasteiger partial charge < -0.3 is 26.3 Å². The Morgan fingerprint density at radius 1 is 1.07 bits per heavy atom. The number of hydrogen-bond acceptors (Lipinski definition) is 6. The molecule has 2 aromatic carbocycles. The van der Waals surface area contributed by atoms with Crippen LogP contribution in [0.15, 0.2) is 41.4 Å². The molecule has 0 aliphatic heterocycles. The fourth-order valence-corrected chi connectivity index (χ4v) is 2.68. The highest BCUT2D eigenvalue weighted by Gasteiger charge is 2.15. The molecule has 27 heavy (non-hydrogen) atoms. The molecule has 0 fully saturated rings. The van der Waals surface area contributed by atoms with Crippen molar-refractivity contribution in [3.05, 3.63) is 53.1 Å². The molecule has 0 saturated carbocycles. The first-order valence-electron chi connectivity index (χ1n) is 9.02.